The number of hydrogen-bond acceptors (Lipinski definition) is 3. The Morgan fingerprint density at radius 3 is 2.52 bits per heavy atom. The summed E-state index contributed by atoms with van der Waals surface area (Å²) in [5.74, 6) is 0.694. The van der Waals surface area contributed by atoms with Gasteiger partial charge in [-0.15, -0.1) is 10.2 Å². The van der Waals surface area contributed by atoms with Gasteiger partial charge >= 0.3 is 6.18 Å². The van der Waals surface area contributed by atoms with Gasteiger partial charge in [0, 0.05) is 18.2 Å². The quantitative estimate of drug-likeness (QED) is 0.605. The van der Waals surface area contributed by atoms with Gasteiger partial charge in [-0.25, -0.2) is 0 Å². The molecule has 0 saturated carbocycles. The molecule has 0 aliphatic carbocycles. The van der Waals surface area contributed by atoms with Gasteiger partial charge in [0.1, 0.15) is 0 Å². The van der Waals surface area contributed by atoms with Crippen molar-refractivity contribution in [2.75, 3.05) is 0 Å². The molecule has 1 aliphatic rings. The van der Waals surface area contributed by atoms with Gasteiger partial charge in [-0.2, -0.15) is 13.2 Å². The lowest BCUT2D eigenvalue weighted by Gasteiger charge is -2.34. The Bertz CT molecular complexity index is 1070. The largest absolute Gasteiger partial charge is 0.417 e. The maximum absolute atomic E-state index is 13.1. The predicted octanol–water partition coefficient (Wildman–Crippen LogP) is 4.66. The van der Waals surface area contributed by atoms with Crippen LogP contribution in [0.15, 0.2) is 48.5 Å². The van der Waals surface area contributed by atoms with Crippen LogP contribution in [0, 0.1) is 0 Å². The summed E-state index contributed by atoms with van der Waals surface area (Å²) in [4.78, 5) is 14.5. The van der Waals surface area contributed by atoms with Gasteiger partial charge in [0.25, 0.3) is 5.91 Å². The number of fused-ring (bicyclic) bond motifs is 1. The van der Waals surface area contributed by atoms with Crippen molar-refractivity contribution < 1.29 is 18.0 Å². The number of hydrogen-bond donors (Lipinski definition) is 0. The minimum atomic E-state index is -4.63. The number of carbonyl (C=O) groups excluding carboxylic acids is 1. The number of benzene rings is 2. The SMILES string of the molecule is CC1Cn2c(nnc2-c2ccccc2)CN1C(=O)c1cccc(C(F)(F)F)c1Cl. The second kappa shape index (κ2) is 7.18. The summed E-state index contributed by atoms with van der Waals surface area (Å²) >= 11 is 5.94. The van der Waals surface area contributed by atoms with Crippen molar-refractivity contribution >= 4 is 17.5 Å². The highest BCUT2D eigenvalue weighted by atomic mass is 35.5. The van der Waals surface area contributed by atoms with Crippen LogP contribution < -0.4 is 0 Å². The first-order valence-corrected chi connectivity index (χ1v) is 9.29. The molecule has 1 amide bonds. The number of carbonyl (C=O) groups is 1. The monoisotopic (exact) mass is 420 g/mol. The van der Waals surface area contributed by atoms with Gasteiger partial charge in [-0.1, -0.05) is 48.0 Å². The van der Waals surface area contributed by atoms with Crippen molar-refractivity contribution in [3.8, 4) is 11.4 Å². The van der Waals surface area contributed by atoms with Gasteiger partial charge in [-0.05, 0) is 19.1 Å². The number of aromatic nitrogens is 3. The summed E-state index contributed by atoms with van der Waals surface area (Å²) < 4.78 is 41.4. The van der Waals surface area contributed by atoms with Crippen molar-refractivity contribution in [1.82, 2.24) is 19.7 Å². The molecule has 4 rings (SSSR count). The van der Waals surface area contributed by atoms with Crippen molar-refractivity contribution in [3.63, 3.8) is 0 Å². The number of halogens is 4. The average molecular weight is 421 g/mol. The van der Waals surface area contributed by atoms with E-state index in [4.69, 9.17) is 11.6 Å². The first-order valence-electron chi connectivity index (χ1n) is 8.91. The third kappa shape index (κ3) is 3.48. The van der Waals surface area contributed by atoms with Crippen molar-refractivity contribution in [2.45, 2.75) is 32.2 Å². The van der Waals surface area contributed by atoms with E-state index in [1.54, 1.807) is 0 Å². The molecule has 0 bridgehead atoms. The van der Waals surface area contributed by atoms with Crippen molar-refractivity contribution in [1.29, 1.82) is 0 Å². The zero-order valence-corrected chi connectivity index (χ0v) is 16.1. The van der Waals surface area contributed by atoms with Gasteiger partial charge in [-0.3, -0.25) is 4.79 Å². The molecule has 0 saturated heterocycles. The molecule has 0 fully saturated rings. The fraction of sp³-hybridized carbons (Fsp3) is 0.250. The molecule has 0 radical (unpaired) electrons. The van der Waals surface area contributed by atoms with E-state index in [1.807, 2.05) is 41.8 Å². The predicted molar refractivity (Wildman–Crippen MR) is 101 cm³/mol. The molecule has 2 aromatic carbocycles. The van der Waals surface area contributed by atoms with E-state index in [-0.39, 0.29) is 18.2 Å². The molecular weight excluding hydrogens is 405 g/mol. The van der Waals surface area contributed by atoms with E-state index in [2.05, 4.69) is 10.2 Å². The first kappa shape index (κ1) is 19.4. The molecule has 1 atom stereocenters. The van der Waals surface area contributed by atoms with Crippen LogP contribution >= 0.6 is 11.6 Å². The van der Waals surface area contributed by atoms with Crippen LogP contribution in [-0.2, 0) is 19.3 Å². The molecule has 150 valence electrons. The lowest BCUT2D eigenvalue weighted by molar-refractivity contribution is -0.137. The minimum absolute atomic E-state index is 0.131. The minimum Gasteiger partial charge on any atom is -0.327 e. The summed E-state index contributed by atoms with van der Waals surface area (Å²) in [6.45, 7) is 2.39. The molecule has 2 heterocycles. The van der Waals surface area contributed by atoms with E-state index in [9.17, 15) is 18.0 Å². The van der Waals surface area contributed by atoms with Gasteiger partial charge in [0.05, 0.1) is 22.7 Å². The van der Waals surface area contributed by atoms with Crippen molar-refractivity contribution in [3.05, 3.63) is 70.5 Å². The molecule has 29 heavy (non-hydrogen) atoms. The van der Waals surface area contributed by atoms with E-state index >= 15 is 0 Å². The van der Waals surface area contributed by atoms with Crippen molar-refractivity contribution in [2.24, 2.45) is 0 Å². The first-order chi connectivity index (χ1) is 13.8. The molecule has 5 nitrogen and oxygen atoms in total. The maximum Gasteiger partial charge on any atom is 0.417 e. The molecule has 0 N–H and O–H groups in total. The third-order valence-corrected chi connectivity index (χ3v) is 5.35. The summed E-state index contributed by atoms with van der Waals surface area (Å²) in [5, 5.41) is 7.82. The summed E-state index contributed by atoms with van der Waals surface area (Å²) in [6.07, 6.45) is -4.63. The molecule has 1 unspecified atom stereocenters. The maximum atomic E-state index is 13.1. The standard InChI is InChI=1S/C20H16ClF3N4O/c1-12-10-28-16(25-26-18(28)13-6-3-2-4-7-13)11-27(12)19(29)14-8-5-9-15(17(14)21)20(22,23)24/h2-9,12H,10-11H2,1H3. The number of nitrogens with zero attached hydrogens (tertiary/aromatic N) is 4. The normalized spacial score (nSPS) is 16.6. The van der Waals surface area contributed by atoms with Crippen LogP contribution in [0.2, 0.25) is 5.02 Å². The highest BCUT2D eigenvalue weighted by Gasteiger charge is 2.37. The Morgan fingerprint density at radius 1 is 1.10 bits per heavy atom. The molecular formula is C20H16ClF3N4O. The highest BCUT2D eigenvalue weighted by Crippen LogP contribution is 2.37. The zero-order valence-electron chi connectivity index (χ0n) is 15.3. The van der Waals surface area contributed by atoms with E-state index in [1.165, 1.54) is 17.0 Å². The van der Waals surface area contributed by atoms with Crippen LogP contribution in [0.1, 0.15) is 28.7 Å². The van der Waals surface area contributed by atoms with Crippen LogP contribution in [0.5, 0.6) is 0 Å². The average Bonchev–Trinajstić information content (AvgIpc) is 3.09. The molecule has 9 heteroatoms. The topological polar surface area (TPSA) is 51.0 Å². The summed E-state index contributed by atoms with van der Waals surface area (Å²) in [5.41, 5.74) is -0.298. The summed E-state index contributed by atoms with van der Waals surface area (Å²) in [7, 11) is 0. The third-order valence-electron chi connectivity index (χ3n) is 4.95. The second-order valence-corrected chi connectivity index (χ2v) is 7.24. The van der Waals surface area contributed by atoms with E-state index in [0.717, 1.165) is 11.6 Å². The van der Waals surface area contributed by atoms with Crippen LogP contribution in [0.4, 0.5) is 13.2 Å². The van der Waals surface area contributed by atoms with Gasteiger partial charge < -0.3 is 9.47 Å². The Morgan fingerprint density at radius 2 is 1.83 bits per heavy atom. The van der Waals surface area contributed by atoms with Crippen LogP contribution in [0.25, 0.3) is 11.4 Å². The lowest BCUT2D eigenvalue weighted by atomic mass is 10.1. The summed E-state index contributed by atoms with van der Waals surface area (Å²) in [6, 6.07) is 12.6. The Hall–Kier alpha value is -2.87. The van der Waals surface area contributed by atoms with Crippen LogP contribution in [0.3, 0.4) is 0 Å². The van der Waals surface area contributed by atoms with E-state index in [0.29, 0.717) is 18.2 Å². The Labute approximate surface area is 169 Å². The zero-order chi connectivity index (χ0) is 20.8. The van der Waals surface area contributed by atoms with E-state index < -0.39 is 22.7 Å². The molecule has 1 aromatic heterocycles. The number of rotatable bonds is 2. The Balaban J connectivity index is 1.66. The lowest BCUT2D eigenvalue weighted by Crippen LogP contribution is -2.45. The smallest absolute Gasteiger partial charge is 0.327 e. The fourth-order valence-electron chi connectivity index (χ4n) is 3.46. The molecule has 1 aliphatic heterocycles. The van der Waals surface area contributed by atoms with Gasteiger partial charge in [0.2, 0.25) is 0 Å². The number of alkyl halides is 3. The highest BCUT2D eigenvalue weighted by molar-refractivity contribution is 6.34. The molecule has 3 aromatic rings. The second-order valence-electron chi connectivity index (χ2n) is 6.86. The van der Waals surface area contributed by atoms with Gasteiger partial charge in [0.15, 0.2) is 11.6 Å². The molecule has 0 spiro atoms. The number of amides is 1. The fourth-order valence-corrected chi connectivity index (χ4v) is 3.77. The van der Waals surface area contributed by atoms with Crippen LogP contribution in [-0.4, -0.2) is 31.6 Å². The Kier molecular flexibility index (Phi) is 4.82.